The summed E-state index contributed by atoms with van der Waals surface area (Å²) in [6.07, 6.45) is 0. The molecule has 1 N–H and O–H groups in total. The summed E-state index contributed by atoms with van der Waals surface area (Å²) in [7, 11) is 0. The number of rotatable bonds is 4. The Kier molecular flexibility index (Phi) is 6.08. The van der Waals surface area contributed by atoms with Crippen LogP contribution in [0.1, 0.15) is 29.7 Å². The van der Waals surface area contributed by atoms with Crippen molar-refractivity contribution in [2.45, 2.75) is 19.5 Å². The summed E-state index contributed by atoms with van der Waals surface area (Å²) in [5.74, 6) is 0. The Morgan fingerprint density at radius 2 is 1.84 bits per heavy atom. The van der Waals surface area contributed by atoms with E-state index in [9.17, 15) is 0 Å². The molecule has 1 atom stereocenters. The highest BCUT2D eigenvalue weighted by atomic mass is 35.5. The highest BCUT2D eigenvalue weighted by Crippen LogP contribution is 2.12. The van der Waals surface area contributed by atoms with Gasteiger partial charge in [-0.1, -0.05) is 42.5 Å². The lowest BCUT2D eigenvalue weighted by molar-refractivity contribution is 0.574. The van der Waals surface area contributed by atoms with E-state index in [1.54, 1.807) is 0 Å². The third-order valence-electron chi connectivity index (χ3n) is 2.97. The molecule has 0 fully saturated rings. The van der Waals surface area contributed by atoms with Gasteiger partial charge in [0.2, 0.25) is 0 Å². The molecular formula is C16H17ClN2. The van der Waals surface area contributed by atoms with E-state index in [0.717, 1.165) is 12.1 Å². The quantitative estimate of drug-likeness (QED) is 0.918. The van der Waals surface area contributed by atoms with Gasteiger partial charge in [-0.3, -0.25) is 0 Å². The van der Waals surface area contributed by atoms with Gasteiger partial charge in [0, 0.05) is 12.6 Å². The fourth-order valence-electron chi connectivity index (χ4n) is 1.88. The first-order chi connectivity index (χ1) is 8.79. The van der Waals surface area contributed by atoms with Crippen LogP contribution < -0.4 is 5.32 Å². The van der Waals surface area contributed by atoms with Crippen molar-refractivity contribution in [1.29, 1.82) is 5.26 Å². The van der Waals surface area contributed by atoms with Gasteiger partial charge >= 0.3 is 0 Å². The summed E-state index contributed by atoms with van der Waals surface area (Å²) >= 11 is 0. The zero-order valence-corrected chi connectivity index (χ0v) is 11.7. The lowest BCUT2D eigenvalue weighted by Gasteiger charge is -2.14. The minimum absolute atomic E-state index is 0. The Bertz CT molecular complexity index is 546. The van der Waals surface area contributed by atoms with E-state index >= 15 is 0 Å². The fraction of sp³-hybridized carbons (Fsp3) is 0.188. The van der Waals surface area contributed by atoms with E-state index in [4.69, 9.17) is 5.26 Å². The number of nitrogens with zero attached hydrogens (tertiary/aromatic N) is 1. The Morgan fingerprint density at radius 1 is 1.11 bits per heavy atom. The zero-order valence-electron chi connectivity index (χ0n) is 10.8. The van der Waals surface area contributed by atoms with Gasteiger partial charge in [0.15, 0.2) is 0 Å². The third-order valence-corrected chi connectivity index (χ3v) is 2.97. The molecule has 0 saturated heterocycles. The Morgan fingerprint density at radius 3 is 2.53 bits per heavy atom. The molecule has 0 heterocycles. The topological polar surface area (TPSA) is 35.8 Å². The van der Waals surface area contributed by atoms with Crippen molar-refractivity contribution in [3.8, 4) is 6.07 Å². The molecule has 0 saturated carbocycles. The number of nitriles is 1. The summed E-state index contributed by atoms with van der Waals surface area (Å²) in [6.45, 7) is 2.91. The van der Waals surface area contributed by atoms with Crippen LogP contribution in [-0.2, 0) is 6.54 Å². The van der Waals surface area contributed by atoms with Crippen molar-refractivity contribution >= 4 is 12.4 Å². The molecule has 1 unspecified atom stereocenters. The number of halogens is 1. The molecule has 98 valence electrons. The normalized spacial score (nSPS) is 11.2. The van der Waals surface area contributed by atoms with E-state index in [1.165, 1.54) is 5.56 Å². The molecule has 2 nitrogen and oxygen atoms in total. The maximum atomic E-state index is 8.85. The number of hydrogen-bond acceptors (Lipinski definition) is 2. The maximum absolute atomic E-state index is 8.85. The SMILES string of the molecule is CC(NCc1cccc(C#N)c1)c1ccccc1.Cl. The van der Waals surface area contributed by atoms with Crippen molar-refractivity contribution in [3.05, 3.63) is 71.3 Å². The molecule has 0 aliphatic carbocycles. The minimum atomic E-state index is 0. The van der Waals surface area contributed by atoms with Crippen LogP contribution in [0.2, 0.25) is 0 Å². The van der Waals surface area contributed by atoms with Crippen LogP contribution >= 0.6 is 12.4 Å². The van der Waals surface area contributed by atoms with Gasteiger partial charge in [-0.05, 0) is 30.2 Å². The van der Waals surface area contributed by atoms with Gasteiger partial charge in [0.05, 0.1) is 11.6 Å². The molecule has 2 rings (SSSR count). The van der Waals surface area contributed by atoms with E-state index in [2.05, 4.69) is 30.4 Å². The molecule has 0 amide bonds. The van der Waals surface area contributed by atoms with Crippen molar-refractivity contribution in [3.63, 3.8) is 0 Å². The molecule has 2 aromatic carbocycles. The average Bonchev–Trinajstić information content (AvgIpc) is 2.46. The third kappa shape index (κ3) is 4.40. The summed E-state index contributed by atoms with van der Waals surface area (Å²) in [4.78, 5) is 0. The van der Waals surface area contributed by atoms with Crippen LogP contribution in [0, 0.1) is 11.3 Å². The van der Waals surface area contributed by atoms with Gasteiger partial charge in [0.1, 0.15) is 0 Å². The summed E-state index contributed by atoms with van der Waals surface area (Å²) in [5, 5.41) is 12.3. The summed E-state index contributed by atoms with van der Waals surface area (Å²) in [6, 6.07) is 20.5. The van der Waals surface area contributed by atoms with Crippen LogP contribution in [0.25, 0.3) is 0 Å². The summed E-state index contributed by atoms with van der Waals surface area (Å²) < 4.78 is 0. The van der Waals surface area contributed by atoms with Gasteiger partial charge in [-0.15, -0.1) is 12.4 Å². The molecule has 0 bridgehead atoms. The van der Waals surface area contributed by atoms with Crippen molar-refractivity contribution < 1.29 is 0 Å². The molecule has 0 aromatic heterocycles. The van der Waals surface area contributed by atoms with Gasteiger partial charge < -0.3 is 5.32 Å². The first-order valence-electron chi connectivity index (χ1n) is 6.07. The standard InChI is InChI=1S/C16H16N2.ClH/c1-13(16-8-3-2-4-9-16)18-12-15-7-5-6-14(10-15)11-17;/h2-10,13,18H,12H2,1H3;1H. The molecule has 2 aromatic rings. The Hall–Kier alpha value is -1.82. The monoisotopic (exact) mass is 272 g/mol. The Labute approximate surface area is 120 Å². The van der Waals surface area contributed by atoms with Crippen LogP contribution in [0.15, 0.2) is 54.6 Å². The second kappa shape index (κ2) is 7.58. The molecule has 0 spiro atoms. The number of hydrogen-bond donors (Lipinski definition) is 1. The second-order valence-electron chi connectivity index (χ2n) is 4.33. The van der Waals surface area contributed by atoms with E-state index < -0.39 is 0 Å². The van der Waals surface area contributed by atoms with E-state index in [-0.39, 0.29) is 12.4 Å². The lowest BCUT2D eigenvalue weighted by Crippen LogP contribution is -2.17. The van der Waals surface area contributed by atoms with E-state index in [1.807, 2.05) is 42.5 Å². The average molecular weight is 273 g/mol. The lowest BCUT2D eigenvalue weighted by atomic mass is 10.1. The fourth-order valence-corrected chi connectivity index (χ4v) is 1.88. The van der Waals surface area contributed by atoms with Gasteiger partial charge in [0.25, 0.3) is 0 Å². The van der Waals surface area contributed by atoms with Crippen molar-refractivity contribution in [2.75, 3.05) is 0 Å². The highest BCUT2D eigenvalue weighted by molar-refractivity contribution is 5.85. The predicted molar refractivity (Wildman–Crippen MR) is 80.1 cm³/mol. The zero-order chi connectivity index (χ0) is 12.8. The van der Waals surface area contributed by atoms with Gasteiger partial charge in [-0.2, -0.15) is 5.26 Å². The van der Waals surface area contributed by atoms with Crippen LogP contribution in [0.4, 0.5) is 0 Å². The molecule has 0 aliphatic rings. The van der Waals surface area contributed by atoms with Crippen LogP contribution in [-0.4, -0.2) is 0 Å². The molecule has 3 heteroatoms. The second-order valence-corrected chi connectivity index (χ2v) is 4.33. The highest BCUT2D eigenvalue weighted by Gasteiger charge is 2.03. The van der Waals surface area contributed by atoms with Crippen LogP contribution in [0.5, 0.6) is 0 Å². The minimum Gasteiger partial charge on any atom is -0.306 e. The molecule has 0 aliphatic heterocycles. The van der Waals surface area contributed by atoms with E-state index in [0.29, 0.717) is 11.6 Å². The first kappa shape index (κ1) is 15.2. The number of nitrogens with one attached hydrogen (secondary N) is 1. The Balaban J connectivity index is 0.00000180. The van der Waals surface area contributed by atoms with Crippen molar-refractivity contribution in [1.82, 2.24) is 5.32 Å². The van der Waals surface area contributed by atoms with Crippen LogP contribution in [0.3, 0.4) is 0 Å². The van der Waals surface area contributed by atoms with Gasteiger partial charge in [-0.25, -0.2) is 0 Å². The number of benzene rings is 2. The molecule has 0 radical (unpaired) electrons. The predicted octanol–water partition coefficient (Wildman–Crippen LogP) is 3.83. The largest absolute Gasteiger partial charge is 0.306 e. The smallest absolute Gasteiger partial charge is 0.0991 e. The molecular weight excluding hydrogens is 256 g/mol. The first-order valence-corrected chi connectivity index (χ1v) is 6.07. The maximum Gasteiger partial charge on any atom is 0.0991 e. The summed E-state index contributed by atoms with van der Waals surface area (Å²) in [5.41, 5.74) is 3.12. The molecule has 19 heavy (non-hydrogen) atoms. The van der Waals surface area contributed by atoms with Crippen molar-refractivity contribution in [2.24, 2.45) is 0 Å².